The van der Waals surface area contributed by atoms with E-state index in [2.05, 4.69) is 0 Å². The van der Waals surface area contributed by atoms with Crippen LogP contribution in [0.1, 0.15) is 53.3 Å². The van der Waals surface area contributed by atoms with Crippen molar-refractivity contribution >= 4 is 28.0 Å². The molecule has 0 aliphatic carbocycles. The van der Waals surface area contributed by atoms with E-state index < -0.39 is 103 Å². The van der Waals surface area contributed by atoms with Crippen molar-refractivity contribution in [3.63, 3.8) is 0 Å². The molecule has 2 aliphatic heterocycles. The molecule has 1 N–H and O–H groups in total. The van der Waals surface area contributed by atoms with Gasteiger partial charge in [0.15, 0.2) is 30.9 Å². The van der Waals surface area contributed by atoms with Gasteiger partial charge in [-0.15, -0.1) is 0 Å². The number of hydrogen-bond acceptors (Lipinski definition) is 16. The average Bonchev–Trinajstić information content (AvgIpc) is 3.53. The molecule has 2 saturated heterocycles. The topological polar surface area (TPSA) is 198 Å². The van der Waals surface area contributed by atoms with Crippen LogP contribution in [0.25, 0.3) is 0 Å². The number of aryl methyl sites for hydroxylation is 1. The molecule has 404 valence electrons. The summed E-state index contributed by atoms with van der Waals surface area (Å²) in [5.41, 5.74) is 3.49. The number of benzene rings is 7. The lowest BCUT2D eigenvalue weighted by Gasteiger charge is -2.46. The Morgan fingerprint density at radius 2 is 0.808 bits per heavy atom. The summed E-state index contributed by atoms with van der Waals surface area (Å²) in [4.78, 5) is 42.6. The minimum Gasteiger partial charge on any atom is -0.452 e. The number of carbonyl (C=O) groups excluding carboxylic acids is 3. The van der Waals surface area contributed by atoms with Crippen molar-refractivity contribution in [2.24, 2.45) is 0 Å². The molecule has 2 aliphatic rings. The van der Waals surface area contributed by atoms with E-state index in [1.165, 1.54) is 48.5 Å². The zero-order valence-corrected chi connectivity index (χ0v) is 43.2. The van der Waals surface area contributed by atoms with Crippen molar-refractivity contribution in [1.29, 1.82) is 0 Å². The Morgan fingerprint density at radius 3 is 1.27 bits per heavy atom. The van der Waals surface area contributed by atoms with E-state index >= 15 is 0 Å². The zero-order chi connectivity index (χ0) is 54.3. The van der Waals surface area contributed by atoms with Crippen LogP contribution in [-0.4, -0.2) is 106 Å². The van der Waals surface area contributed by atoms with Crippen LogP contribution in [0.4, 0.5) is 0 Å². The summed E-state index contributed by atoms with van der Waals surface area (Å²) in [6, 6.07) is 57.9. The van der Waals surface area contributed by atoms with Gasteiger partial charge in [-0.1, -0.05) is 163 Å². The summed E-state index contributed by atoms with van der Waals surface area (Å²) in [5, 5.41) is 12.0. The van der Waals surface area contributed by atoms with Gasteiger partial charge >= 0.3 is 17.9 Å². The first kappa shape index (κ1) is 55.3. The number of esters is 3. The van der Waals surface area contributed by atoms with Crippen LogP contribution in [0.15, 0.2) is 211 Å². The molecule has 7 aromatic carbocycles. The third-order valence-electron chi connectivity index (χ3n) is 12.9. The van der Waals surface area contributed by atoms with Crippen molar-refractivity contribution < 1.29 is 74.7 Å². The second kappa shape index (κ2) is 26.8. The minimum atomic E-state index is -4.53. The summed E-state index contributed by atoms with van der Waals surface area (Å²) in [7, 11) is -4.53. The highest BCUT2D eigenvalue weighted by Crippen LogP contribution is 2.35. The largest absolute Gasteiger partial charge is 0.452 e. The second-order valence-electron chi connectivity index (χ2n) is 18.5. The minimum absolute atomic E-state index is 0.0517. The Morgan fingerprint density at radius 1 is 0.423 bits per heavy atom. The molecule has 16 nitrogen and oxygen atoms in total. The second-order valence-corrected chi connectivity index (χ2v) is 20.1. The number of hydrogen-bond donors (Lipinski definition) is 1. The van der Waals surface area contributed by atoms with Gasteiger partial charge in [-0.05, 0) is 72.1 Å². The van der Waals surface area contributed by atoms with E-state index in [0.717, 1.165) is 22.3 Å². The van der Waals surface area contributed by atoms with Crippen LogP contribution in [-0.2, 0) is 76.8 Å². The summed E-state index contributed by atoms with van der Waals surface area (Å²) >= 11 is 0. The smallest absolute Gasteiger partial charge is 0.338 e. The van der Waals surface area contributed by atoms with E-state index in [-0.39, 0.29) is 41.4 Å². The molecule has 0 amide bonds. The van der Waals surface area contributed by atoms with Crippen LogP contribution in [0.3, 0.4) is 0 Å². The van der Waals surface area contributed by atoms with Gasteiger partial charge in [0.1, 0.15) is 30.5 Å². The first-order chi connectivity index (χ1) is 38.0. The maximum absolute atomic E-state index is 14.3. The molecular weight excluding hydrogens is 1020 g/mol. The summed E-state index contributed by atoms with van der Waals surface area (Å²) < 4.78 is 91.5. The normalized spacial score (nSPS) is 23.2. The predicted molar refractivity (Wildman–Crippen MR) is 282 cm³/mol. The molecule has 10 atom stereocenters. The molecular formula is C61H58O16S. The third-order valence-corrected chi connectivity index (χ3v) is 14.2. The lowest BCUT2D eigenvalue weighted by molar-refractivity contribution is -0.336. The highest BCUT2D eigenvalue weighted by Gasteiger charge is 2.55. The Bertz CT molecular complexity index is 3100. The molecule has 0 spiro atoms. The Balaban J connectivity index is 1.10. The van der Waals surface area contributed by atoms with Crippen molar-refractivity contribution in [2.45, 2.75) is 93.1 Å². The Kier molecular flexibility index (Phi) is 19.0. The van der Waals surface area contributed by atoms with Crippen LogP contribution < -0.4 is 0 Å². The molecule has 2 fully saturated rings. The number of aliphatic hydroxyl groups is 1. The molecule has 0 bridgehead atoms. The third kappa shape index (κ3) is 14.6. The predicted octanol–water partition coefficient (Wildman–Crippen LogP) is 8.59. The van der Waals surface area contributed by atoms with Crippen molar-refractivity contribution in [3.05, 3.63) is 245 Å². The van der Waals surface area contributed by atoms with Crippen LogP contribution in [0.2, 0.25) is 0 Å². The number of ether oxygens (including phenoxy) is 9. The highest BCUT2D eigenvalue weighted by molar-refractivity contribution is 7.86. The van der Waals surface area contributed by atoms with E-state index in [9.17, 15) is 27.9 Å². The molecule has 0 aromatic heterocycles. The molecule has 78 heavy (non-hydrogen) atoms. The fraction of sp³-hybridized carbons (Fsp3) is 0.262. The lowest BCUT2D eigenvalue weighted by atomic mass is 9.97. The van der Waals surface area contributed by atoms with Crippen LogP contribution >= 0.6 is 0 Å². The van der Waals surface area contributed by atoms with Gasteiger partial charge in [-0.3, -0.25) is 4.18 Å². The fourth-order valence-electron chi connectivity index (χ4n) is 8.86. The lowest BCUT2D eigenvalue weighted by Crippen LogP contribution is -2.64. The maximum Gasteiger partial charge on any atom is 0.338 e. The molecule has 17 heteroatoms. The first-order valence-electron chi connectivity index (χ1n) is 25.3. The number of carbonyl (C=O) groups is 3. The quantitative estimate of drug-likeness (QED) is 0.0384. The Hall–Kier alpha value is -7.42. The van der Waals surface area contributed by atoms with Crippen molar-refractivity contribution in [3.8, 4) is 0 Å². The van der Waals surface area contributed by atoms with Crippen LogP contribution in [0.5, 0.6) is 0 Å². The van der Waals surface area contributed by atoms with E-state index in [1.807, 2.05) is 91.0 Å². The summed E-state index contributed by atoms with van der Waals surface area (Å²) in [6.45, 7) is 0.672. The van der Waals surface area contributed by atoms with Gasteiger partial charge in [0.25, 0.3) is 10.1 Å². The molecule has 0 saturated carbocycles. The van der Waals surface area contributed by atoms with Gasteiger partial charge in [0.2, 0.25) is 0 Å². The van der Waals surface area contributed by atoms with Gasteiger partial charge in [0.05, 0.1) is 54.6 Å². The molecule has 0 radical (unpaired) electrons. The first-order valence-corrected chi connectivity index (χ1v) is 26.7. The standard InChI is InChI=1S/C61H58O16S/c1-41-32-34-48(35-33-41)78(66,67)72-40-50-52(75-57(62)45-26-14-5-15-27-45)54(76-58(63)46-28-16-6-17-29-46)56(77-59(64)47-30-18-7-19-31-47)61(74-50)71-39-49-51(68-36-42-20-8-2-9-21-42)53(69-37-43-22-10-3-11-23-43)55(60(65)73-49)70-38-44-24-12-4-13-25-44/h2-35,49-56,60-61,65H,36-40H2,1H3/t49-,50-,51-,52-,53+,54+,55+,56+,60+,61+/m1/s1. The summed E-state index contributed by atoms with van der Waals surface area (Å²) in [6.07, 6.45) is -14.7. The fourth-order valence-corrected chi connectivity index (χ4v) is 9.78. The number of rotatable bonds is 22. The van der Waals surface area contributed by atoms with E-state index in [4.69, 9.17) is 46.8 Å². The van der Waals surface area contributed by atoms with Gasteiger partial charge < -0.3 is 47.7 Å². The van der Waals surface area contributed by atoms with E-state index in [1.54, 1.807) is 73.7 Å². The average molecular weight is 1080 g/mol. The SMILES string of the molecule is Cc1ccc(S(=O)(=O)OC[C@H]2O[C@H](OC[C@H]3O[C@H](O)[C@@H](OCc4ccccc4)[C@@H](OCc4ccccc4)[C@@H]3OCc3ccccc3)[C@@H](OC(=O)c3ccccc3)[C@@H](OC(=O)c3ccccc3)[C@@H]2OC(=O)c2ccccc2)cc1. The molecule has 2 heterocycles. The van der Waals surface area contributed by atoms with Crippen molar-refractivity contribution in [2.75, 3.05) is 13.2 Å². The van der Waals surface area contributed by atoms with Gasteiger partial charge in [-0.2, -0.15) is 8.42 Å². The summed E-state index contributed by atoms with van der Waals surface area (Å²) in [5.74, 6) is -2.76. The van der Waals surface area contributed by atoms with Crippen LogP contribution in [0, 0.1) is 6.92 Å². The molecule has 9 rings (SSSR count). The van der Waals surface area contributed by atoms with E-state index in [0.29, 0.717) is 0 Å². The zero-order valence-electron chi connectivity index (χ0n) is 42.4. The monoisotopic (exact) mass is 1080 g/mol. The number of aliphatic hydroxyl groups excluding tert-OH is 1. The maximum atomic E-state index is 14.3. The Labute approximate surface area is 452 Å². The highest BCUT2D eigenvalue weighted by atomic mass is 32.2. The van der Waals surface area contributed by atoms with Gasteiger partial charge in [0, 0.05) is 0 Å². The molecule has 7 aromatic rings. The van der Waals surface area contributed by atoms with Crippen molar-refractivity contribution in [1.82, 2.24) is 0 Å². The van der Waals surface area contributed by atoms with Gasteiger partial charge in [-0.25, -0.2) is 14.4 Å². The molecule has 0 unspecified atom stereocenters.